The highest BCUT2D eigenvalue weighted by molar-refractivity contribution is 7.91. The molecule has 2 unspecified atom stereocenters. The Hall–Kier alpha value is -3.70. The van der Waals surface area contributed by atoms with Crippen LogP contribution in [0.15, 0.2) is 64.7 Å². The summed E-state index contributed by atoms with van der Waals surface area (Å²) < 4.78 is 40.3. The van der Waals surface area contributed by atoms with Crippen LogP contribution in [0.1, 0.15) is 11.1 Å². The lowest BCUT2D eigenvalue weighted by molar-refractivity contribution is -0.137. The molecule has 0 spiro atoms. The van der Waals surface area contributed by atoms with E-state index in [1.54, 1.807) is 31.4 Å². The zero-order chi connectivity index (χ0) is 28.3. The summed E-state index contributed by atoms with van der Waals surface area (Å²) >= 11 is 0. The van der Waals surface area contributed by atoms with E-state index in [4.69, 9.17) is 0 Å². The molecule has 0 bridgehead atoms. The van der Waals surface area contributed by atoms with Crippen LogP contribution in [0.4, 0.5) is 10.1 Å². The Balaban J connectivity index is 1.55. The highest BCUT2D eigenvalue weighted by atomic mass is 32.2. The molecule has 1 aliphatic carbocycles. The molecule has 40 heavy (non-hydrogen) atoms. The molecule has 0 saturated carbocycles. The zero-order valence-corrected chi connectivity index (χ0v) is 23.5. The molecule has 2 atom stereocenters. The van der Waals surface area contributed by atoms with Crippen LogP contribution in [-0.2, 0) is 21.7 Å². The van der Waals surface area contributed by atoms with Gasteiger partial charge in [-0.1, -0.05) is 0 Å². The average molecular weight is 566 g/mol. The van der Waals surface area contributed by atoms with Gasteiger partial charge in [-0.3, -0.25) is 9.59 Å². The Morgan fingerprint density at radius 1 is 1.07 bits per heavy atom. The maximum Gasteiger partial charge on any atom is 0.260 e. The first-order valence-corrected chi connectivity index (χ1v) is 15.4. The number of carbonyl (C=O) groups excluding carboxylic acids is 1. The van der Waals surface area contributed by atoms with E-state index in [1.807, 2.05) is 29.1 Å². The number of hydrogen-bond donors (Lipinski definition) is 1. The van der Waals surface area contributed by atoms with E-state index in [0.29, 0.717) is 47.7 Å². The minimum Gasteiger partial charge on any atom is -0.383 e. The summed E-state index contributed by atoms with van der Waals surface area (Å²) in [5.74, 6) is -1.07. The number of aryl methyl sites for hydroxylation is 1. The van der Waals surface area contributed by atoms with Crippen LogP contribution in [0.5, 0.6) is 0 Å². The molecule has 2 aromatic rings. The second kappa shape index (κ2) is 9.74. The molecule has 210 valence electrons. The number of allylic oxidation sites excluding steroid dienone is 1. The molecule has 3 aliphatic heterocycles. The van der Waals surface area contributed by atoms with Crippen LogP contribution in [0.2, 0.25) is 0 Å². The Bertz CT molecular complexity index is 1650. The van der Waals surface area contributed by atoms with Crippen LogP contribution in [-0.4, -0.2) is 86.5 Å². The molecule has 4 heterocycles. The van der Waals surface area contributed by atoms with Gasteiger partial charge in [0.05, 0.1) is 29.0 Å². The van der Waals surface area contributed by atoms with Gasteiger partial charge in [-0.15, -0.1) is 0 Å². The third-order valence-corrected chi connectivity index (χ3v) is 9.04. The molecule has 9 nitrogen and oxygen atoms in total. The maximum atomic E-state index is 14.0. The van der Waals surface area contributed by atoms with Crippen LogP contribution >= 0.6 is 0 Å². The van der Waals surface area contributed by atoms with Gasteiger partial charge in [0.25, 0.3) is 5.56 Å². The summed E-state index contributed by atoms with van der Waals surface area (Å²) in [7, 11) is 0.264. The standard InChI is InChI=1S/C29H32FN5O4S/c1-32-10-12-34(13-11-32)28(36)23-15-31-26-24-18(16-35(27(23)24)21-6-4-20(30)5-7-21)14-19(17-40(3,38)39)22-8-9-33(2)29(37)25(22)26/h4-9,14,16,23,27,31H,10-13,15,17H2,1-3H3. The van der Waals surface area contributed by atoms with E-state index in [-0.39, 0.29) is 23.0 Å². The van der Waals surface area contributed by atoms with Crippen molar-refractivity contribution in [3.05, 3.63) is 87.2 Å². The van der Waals surface area contributed by atoms with Crippen LogP contribution in [0.25, 0.3) is 11.3 Å². The third kappa shape index (κ3) is 4.56. The summed E-state index contributed by atoms with van der Waals surface area (Å²) in [5, 5.41) is 3.43. The summed E-state index contributed by atoms with van der Waals surface area (Å²) in [6.45, 7) is 3.13. The molecular formula is C29H32FN5O4S. The number of halogens is 1. The van der Waals surface area contributed by atoms with Crippen molar-refractivity contribution in [2.24, 2.45) is 13.0 Å². The molecule has 6 rings (SSSR count). The van der Waals surface area contributed by atoms with Gasteiger partial charge < -0.3 is 24.6 Å². The molecular weight excluding hydrogens is 533 g/mol. The van der Waals surface area contributed by atoms with E-state index >= 15 is 0 Å². The van der Waals surface area contributed by atoms with Crippen LogP contribution < -0.4 is 15.8 Å². The minimum absolute atomic E-state index is 0.0182. The topological polar surface area (TPSA) is 95.0 Å². The number of fused-ring (bicyclic) bond motifs is 2. The number of sulfone groups is 1. The highest BCUT2D eigenvalue weighted by Gasteiger charge is 2.47. The number of rotatable bonds is 4. The molecule has 0 radical (unpaired) electrons. The van der Waals surface area contributed by atoms with E-state index < -0.39 is 21.8 Å². The van der Waals surface area contributed by atoms with Crippen molar-refractivity contribution >= 4 is 32.7 Å². The Kier molecular flexibility index (Phi) is 6.46. The van der Waals surface area contributed by atoms with Gasteiger partial charge in [0.2, 0.25) is 5.91 Å². The average Bonchev–Trinajstić information content (AvgIpc) is 3.22. The van der Waals surface area contributed by atoms with Gasteiger partial charge >= 0.3 is 0 Å². The number of piperazine rings is 1. The Morgan fingerprint density at radius 2 is 1.77 bits per heavy atom. The van der Waals surface area contributed by atoms with Crippen molar-refractivity contribution in [3.8, 4) is 0 Å². The normalized spacial score (nSPS) is 22.7. The van der Waals surface area contributed by atoms with Crippen molar-refractivity contribution in [2.45, 2.75) is 6.04 Å². The largest absolute Gasteiger partial charge is 0.383 e. The van der Waals surface area contributed by atoms with E-state index in [2.05, 4.69) is 10.2 Å². The first kappa shape index (κ1) is 26.5. The Labute approximate surface area is 232 Å². The molecule has 1 N–H and O–H groups in total. The van der Waals surface area contributed by atoms with Crippen molar-refractivity contribution in [1.29, 1.82) is 0 Å². The van der Waals surface area contributed by atoms with E-state index in [0.717, 1.165) is 24.2 Å². The first-order chi connectivity index (χ1) is 19.0. The number of anilines is 1. The molecule has 1 aromatic carbocycles. The summed E-state index contributed by atoms with van der Waals surface area (Å²) in [6.07, 6.45) is 6.53. The Morgan fingerprint density at radius 3 is 2.45 bits per heavy atom. The number of nitrogens with zero attached hydrogens (tertiary/aromatic N) is 4. The van der Waals surface area contributed by atoms with Gasteiger partial charge in [-0.25, -0.2) is 12.8 Å². The number of likely N-dealkylation sites (N-methyl/N-ethyl adjacent to an activating group) is 1. The van der Waals surface area contributed by atoms with Crippen molar-refractivity contribution < 1.29 is 17.6 Å². The maximum absolute atomic E-state index is 14.0. The number of benzene rings is 1. The first-order valence-electron chi connectivity index (χ1n) is 13.3. The number of amides is 1. The van der Waals surface area contributed by atoms with E-state index in [1.165, 1.54) is 23.0 Å². The van der Waals surface area contributed by atoms with Crippen LogP contribution in [0.3, 0.4) is 0 Å². The van der Waals surface area contributed by atoms with Gasteiger partial charge in [-0.05, 0) is 60.2 Å². The fraction of sp³-hybridized carbons (Fsp3) is 0.379. The second-order valence-electron chi connectivity index (χ2n) is 11.1. The lowest BCUT2D eigenvalue weighted by Crippen LogP contribution is -2.56. The lowest BCUT2D eigenvalue weighted by Gasteiger charge is -2.41. The van der Waals surface area contributed by atoms with Crippen molar-refractivity contribution in [3.63, 3.8) is 0 Å². The number of hydrogen-bond acceptors (Lipinski definition) is 7. The fourth-order valence-electron chi connectivity index (χ4n) is 6.19. The number of nitrogens with one attached hydrogen (secondary N) is 1. The lowest BCUT2D eigenvalue weighted by atomic mass is 9.83. The smallest absolute Gasteiger partial charge is 0.260 e. The number of carbonyl (C=O) groups is 1. The highest BCUT2D eigenvalue weighted by Crippen LogP contribution is 2.46. The predicted octanol–water partition coefficient (Wildman–Crippen LogP) is 1.44. The fourth-order valence-corrected chi connectivity index (χ4v) is 7.00. The summed E-state index contributed by atoms with van der Waals surface area (Å²) in [6, 6.07) is 7.42. The molecule has 1 aromatic heterocycles. The molecule has 1 fully saturated rings. The van der Waals surface area contributed by atoms with E-state index in [9.17, 15) is 22.4 Å². The number of aromatic nitrogens is 1. The molecule has 1 saturated heterocycles. The molecule has 11 heteroatoms. The molecule has 1 amide bonds. The SMILES string of the molecule is CN1CCN(C(=O)C2CNC3=C4C(=CN(c5ccc(F)cc5)C42)C=C(CS(C)(=O)=O)c2ccn(C)c(=O)c23)CC1. The third-order valence-electron chi connectivity index (χ3n) is 8.20. The summed E-state index contributed by atoms with van der Waals surface area (Å²) in [5.41, 5.74) is 4.04. The number of pyridine rings is 1. The van der Waals surface area contributed by atoms with Gasteiger partial charge in [-0.2, -0.15) is 0 Å². The zero-order valence-electron chi connectivity index (χ0n) is 22.7. The van der Waals surface area contributed by atoms with Crippen LogP contribution in [0, 0.1) is 11.7 Å². The van der Waals surface area contributed by atoms with Gasteiger partial charge in [0.15, 0.2) is 9.84 Å². The van der Waals surface area contributed by atoms with Gasteiger partial charge in [0, 0.05) is 69.7 Å². The second-order valence-corrected chi connectivity index (χ2v) is 13.2. The van der Waals surface area contributed by atoms with Crippen molar-refractivity contribution in [1.82, 2.24) is 19.7 Å². The monoisotopic (exact) mass is 565 g/mol. The summed E-state index contributed by atoms with van der Waals surface area (Å²) in [4.78, 5) is 33.7. The predicted molar refractivity (Wildman–Crippen MR) is 153 cm³/mol. The van der Waals surface area contributed by atoms with Crippen molar-refractivity contribution in [2.75, 3.05) is 56.7 Å². The van der Waals surface area contributed by atoms with Gasteiger partial charge in [0.1, 0.15) is 5.82 Å². The quantitative estimate of drug-likeness (QED) is 0.600. The molecule has 4 aliphatic rings. The minimum atomic E-state index is -3.43.